The molecule has 164 valence electrons. The zero-order valence-electron chi connectivity index (χ0n) is 18.1. The van der Waals surface area contributed by atoms with E-state index in [2.05, 4.69) is 10.3 Å². The molecule has 8 nitrogen and oxygen atoms in total. The minimum Gasteiger partial charge on any atom is -0.495 e. The van der Waals surface area contributed by atoms with Crippen molar-refractivity contribution in [3.8, 4) is 5.75 Å². The first-order chi connectivity index (χ1) is 14.7. The number of anilines is 1. The van der Waals surface area contributed by atoms with E-state index >= 15 is 0 Å². The van der Waals surface area contributed by atoms with Crippen LogP contribution in [0.3, 0.4) is 0 Å². The molecule has 0 atom stereocenters. The van der Waals surface area contributed by atoms with Crippen LogP contribution in [0.5, 0.6) is 5.75 Å². The van der Waals surface area contributed by atoms with Crippen LogP contribution in [0.4, 0.5) is 5.13 Å². The largest absolute Gasteiger partial charge is 0.495 e. The third-order valence-corrected chi connectivity index (χ3v) is 5.65. The fourth-order valence-corrected chi connectivity index (χ4v) is 4.02. The average Bonchev–Trinajstić information content (AvgIpc) is 3.08. The Balaban J connectivity index is 1.84. The molecule has 0 saturated carbocycles. The average molecular weight is 444 g/mol. The van der Waals surface area contributed by atoms with Crippen LogP contribution in [-0.2, 0) is 16.1 Å². The van der Waals surface area contributed by atoms with Crippen molar-refractivity contribution in [1.82, 2.24) is 9.55 Å². The van der Waals surface area contributed by atoms with Crippen LogP contribution in [0.1, 0.15) is 34.8 Å². The minimum atomic E-state index is -0.463. The van der Waals surface area contributed by atoms with Gasteiger partial charge in [0.25, 0.3) is 5.56 Å². The maximum Gasteiger partial charge on any atom is 0.350 e. The van der Waals surface area contributed by atoms with Gasteiger partial charge < -0.3 is 14.8 Å². The molecule has 0 bridgehead atoms. The molecule has 1 N–H and O–H groups in total. The molecule has 1 aromatic carbocycles. The standard InChI is InChI=1S/C22H25N3O5S/c1-12(2)11-30-21(28)20-14(4)23-22(31-20)24-17(26)10-25-18(27)9-13(3)15-7-6-8-16(29-5)19(15)25/h6-9,12H,10-11H2,1-5H3,(H,23,24,26). The Morgan fingerprint density at radius 2 is 2.00 bits per heavy atom. The second-order valence-electron chi connectivity index (χ2n) is 7.58. The predicted molar refractivity (Wildman–Crippen MR) is 120 cm³/mol. The van der Waals surface area contributed by atoms with Gasteiger partial charge in [-0.15, -0.1) is 0 Å². The number of thiazole rings is 1. The van der Waals surface area contributed by atoms with Gasteiger partial charge >= 0.3 is 5.97 Å². The van der Waals surface area contributed by atoms with Crippen LogP contribution < -0.4 is 15.6 Å². The van der Waals surface area contributed by atoms with Gasteiger partial charge in [-0.1, -0.05) is 37.3 Å². The molecule has 0 radical (unpaired) electrons. The minimum absolute atomic E-state index is 0.219. The van der Waals surface area contributed by atoms with Gasteiger partial charge in [0.05, 0.1) is 24.9 Å². The van der Waals surface area contributed by atoms with E-state index in [0.29, 0.717) is 28.4 Å². The van der Waals surface area contributed by atoms with Gasteiger partial charge in [0.15, 0.2) is 5.13 Å². The Hall–Kier alpha value is -3.20. The summed E-state index contributed by atoms with van der Waals surface area (Å²) in [5.41, 5.74) is 1.53. The van der Waals surface area contributed by atoms with Crippen molar-refractivity contribution in [1.29, 1.82) is 0 Å². The molecule has 0 aliphatic rings. The first kappa shape index (κ1) is 22.5. The molecule has 1 amide bonds. The number of carbonyl (C=O) groups is 2. The van der Waals surface area contributed by atoms with Crippen molar-refractivity contribution >= 4 is 39.2 Å². The number of methoxy groups -OCH3 is 1. The Kier molecular flexibility index (Phi) is 6.74. The Bertz CT molecular complexity index is 1200. The maximum absolute atomic E-state index is 12.7. The number of para-hydroxylation sites is 1. The van der Waals surface area contributed by atoms with E-state index in [9.17, 15) is 14.4 Å². The van der Waals surface area contributed by atoms with Crippen LogP contribution in [-0.4, -0.2) is 35.1 Å². The van der Waals surface area contributed by atoms with Crippen molar-refractivity contribution in [2.24, 2.45) is 5.92 Å². The van der Waals surface area contributed by atoms with E-state index in [0.717, 1.165) is 22.3 Å². The van der Waals surface area contributed by atoms with E-state index in [1.807, 2.05) is 32.9 Å². The lowest BCUT2D eigenvalue weighted by atomic mass is 10.1. The molecule has 2 aromatic heterocycles. The van der Waals surface area contributed by atoms with E-state index in [1.54, 1.807) is 13.0 Å². The molecule has 3 aromatic rings. The molecule has 0 spiro atoms. The highest BCUT2D eigenvalue weighted by Gasteiger charge is 2.19. The topological polar surface area (TPSA) is 99.5 Å². The monoisotopic (exact) mass is 443 g/mol. The van der Waals surface area contributed by atoms with Crippen molar-refractivity contribution in [3.05, 3.63) is 50.8 Å². The van der Waals surface area contributed by atoms with E-state index < -0.39 is 11.9 Å². The van der Waals surface area contributed by atoms with Gasteiger partial charge in [0.2, 0.25) is 5.91 Å². The molecular weight excluding hydrogens is 418 g/mol. The van der Waals surface area contributed by atoms with Crippen molar-refractivity contribution in [3.63, 3.8) is 0 Å². The summed E-state index contributed by atoms with van der Waals surface area (Å²) in [6.07, 6.45) is 0. The number of carbonyl (C=O) groups excluding carboxylic acids is 2. The molecule has 3 rings (SSSR count). The number of amides is 1. The van der Waals surface area contributed by atoms with Gasteiger partial charge in [-0.25, -0.2) is 9.78 Å². The number of fused-ring (bicyclic) bond motifs is 1. The van der Waals surface area contributed by atoms with Gasteiger partial charge in [0.1, 0.15) is 17.2 Å². The summed E-state index contributed by atoms with van der Waals surface area (Å²) < 4.78 is 12.0. The number of esters is 1. The first-order valence-corrected chi connectivity index (χ1v) is 10.6. The summed E-state index contributed by atoms with van der Waals surface area (Å²) in [6.45, 7) is 7.51. The van der Waals surface area contributed by atoms with Crippen LogP contribution in [0.25, 0.3) is 10.9 Å². The summed E-state index contributed by atoms with van der Waals surface area (Å²) in [5, 5.41) is 3.78. The highest BCUT2D eigenvalue weighted by molar-refractivity contribution is 7.17. The predicted octanol–water partition coefficient (Wildman–Crippen LogP) is 3.53. The fraction of sp³-hybridized carbons (Fsp3) is 0.364. The summed E-state index contributed by atoms with van der Waals surface area (Å²) in [5.74, 6) is -0.175. The second kappa shape index (κ2) is 9.30. The summed E-state index contributed by atoms with van der Waals surface area (Å²) in [7, 11) is 1.52. The van der Waals surface area contributed by atoms with E-state index in [-0.39, 0.29) is 23.2 Å². The molecule has 9 heteroatoms. The maximum atomic E-state index is 12.7. The van der Waals surface area contributed by atoms with E-state index in [4.69, 9.17) is 9.47 Å². The number of aryl methyl sites for hydroxylation is 2. The number of aromatic nitrogens is 2. The zero-order chi connectivity index (χ0) is 22.7. The van der Waals surface area contributed by atoms with E-state index in [1.165, 1.54) is 17.7 Å². The normalized spacial score (nSPS) is 11.0. The van der Waals surface area contributed by atoms with Crippen LogP contribution in [0.15, 0.2) is 29.1 Å². The van der Waals surface area contributed by atoms with Gasteiger partial charge in [-0.2, -0.15) is 0 Å². The number of hydrogen-bond acceptors (Lipinski definition) is 7. The van der Waals surface area contributed by atoms with Crippen LogP contribution >= 0.6 is 11.3 Å². The van der Waals surface area contributed by atoms with Crippen LogP contribution in [0.2, 0.25) is 0 Å². The molecule has 0 aliphatic heterocycles. The van der Waals surface area contributed by atoms with Crippen LogP contribution in [0, 0.1) is 19.8 Å². The Morgan fingerprint density at radius 1 is 1.26 bits per heavy atom. The Morgan fingerprint density at radius 3 is 2.68 bits per heavy atom. The lowest BCUT2D eigenvalue weighted by Crippen LogP contribution is -2.28. The van der Waals surface area contributed by atoms with Crippen molar-refractivity contribution in [2.45, 2.75) is 34.2 Å². The number of pyridine rings is 1. The first-order valence-electron chi connectivity index (χ1n) is 9.82. The molecule has 0 fully saturated rings. The molecule has 2 heterocycles. The van der Waals surface area contributed by atoms with Gasteiger partial charge in [-0.05, 0) is 31.4 Å². The lowest BCUT2D eigenvalue weighted by molar-refractivity contribution is -0.116. The number of hydrogen-bond donors (Lipinski definition) is 1. The van der Waals surface area contributed by atoms with Crippen molar-refractivity contribution < 1.29 is 19.1 Å². The summed E-state index contributed by atoms with van der Waals surface area (Å²) in [6, 6.07) is 6.95. The number of rotatable bonds is 7. The lowest BCUT2D eigenvalue weighted by Gasteiger charge is -2.14. The molecular formula is C22H25N3O5S. The second-order valence-corrected chi connectivity index (χ2v) is 8.58. The molecule has 0 saturated heterocycles. The molecule has 0 unspecified atom stereocenters. The smallest absolute Gasteiger partial charge is 0.350 e. The van der Waals surface area contributed by atoms with Crippen molar-refractivity contribution in [2.75, 3.05) is 19.0 Å². The number of nitrogens with one attached hydrogen (secondary N) is 1. The SMILES string of the molecule is COc1cccc2c(C)cc(=O)n(CC(=O)Nc3nc(C)c(C(=O)OCC(C)C)s3)c12. The third kappa shape index (κ3) is 4.93. The number of nitrogens with zero attached hydrogens (tertiary/aromatic N) is 2. The molecule has 0 aliphatic carbocycles. The number of benzene rings is 1. The highest BCUT2D eigenvalue weighted by atomic mass is 32.1. The summed E-state index contributed by atoms with van der Waals surface area (Å²) in [4.78, 5) is 42.2. The highest BCUT2D eigenvalue weighted by Crippen LogP contribution is 2.27. The quantitative estimate of drug-likeness (QED) is 0.561. The fourth-order valence-electron chi connectivity index (χ4n) is 3.14. The number of ether oxygens (including phenoxy) is 2. The summed E-state index contributed by atoms with van der Waals surface area (Å²) >= 11 is 1.05. The van der Waals surface area contributed by atoms with Gasteiger partial charge in [-0.3, -0.25) is 14.2 Å². The Labute approximate surface area is 183 Å². The van der Waals surface area contributed by atoms with Gasteiger partial charge in [0, 0.05) is 11.5 Å². The zero-order valence-corrected chi connectivity index (χ0v) is 19.0. The molecule has 31 heavy (non-hydrogen) atoms. The third-order valence-electron chi connectivity index (χ3n) is 4.60.